The van der Waals surface area contributed by atoms with E-state index in [0.717, 1.165) is 24.1 Å². The number of carbonyl (C=O) groups is 1. The van der Waals surface area contributed by atoms with Crippen LogP contribution in [0, 0.1) is 22.8 Å². The summed E-state index contributed by atoms with van der Waals surface area (Å²) in [5, 5.41) is 19.6. The molecule has 3 heterocycles. The minimum atomic E-state index is -0.0409. The van der Waals surface area contributed by atoms with Crippen molar-refractivity contribution in [2.75, 3.05) is 20.3 Å². The van der Waals surface area contributed by atoms with E-state index in [0.29, 0.717) is 47.3 Å². The summed E-state index contributed by atoms with van der Waals surface area (Å²) in [4.78, 5) is 22.1. The molecular formula is C22H21N5O3S. The number of hydrogen-bond acceptors (Lipinski definition) is 8. The lowest BCUT2D eigenvalue weighted by Crippen LogP contribution is -2.37. The van der Waals surface area contributed by atoms with Crippen molar-refractivity contribution >= 4 is 17.2 Å². The molecule has 0 radical (unpaired) electrons. The summed E-state index contributed by atoms with van der Waals surface area (Å²) in [7, 11) is 1.62. The van der Waals surface area contributed by atoms with E-state index in [-0.39, 0.29) is 24.1 Å². The Labute approximate surface area is 184 Å². The molecule has 8 nitrogen and oxygen atoms in total. The van der Waals surface area contributed by atoms with Crippen LogP contribution in [0.15, 0.2) is 18.2 Å². The smallest absolute Gasteiger partial charge is 0.266 e. The maximum atomic E-state index is 13.2. The molecule has 158 valence electrons. The number of likely N-dealkylation sites (tertiary alicyclic amines) is 1. The summed E-state index contributed by atoms with van der Waals surface area (Å²) in [5.41, 5.74) is 2.00. The summed E-state index contributed by atoms with van der Waals surface area (Å²) in [6, 6.07) is 7.61. The molecule has 1 saturated carbocycles. The summed E-state index contributed by atoms with van der Waals surface area (Å²) < 4.78 is 11.3. The van der Waals surface area contributed by atoms with Crippen LogP contribution in [-0.2, 0) is 11.3 Å². The highest BCUT2D eigenvalue weighted by Crippen LogP contribution is 2.42. The van der Waals surface area contributed by atoms with Gasteiger partial charge in [0.15, 0.2) is 6.19 Å². The van der Waals surface area contributed by atoms with E-state index in [1.807, 2.05) is 17.0 Å². The second kappa shape index (κ2) is 7.84. The number of ether oxygens (including phenoxy) is 2. The molecule has 0 spiro atoms. The van der Waals surface area contributed by atoms with Gasteiger partial charge >= 0.3 is 0 Å². The highest BCUT2D eigenvalue weighted by Gasteiger charge is 2.42. The lowest BCUT2D eigenvalue weighted by molar-refractivity contribution is 0.0712. The molecule has 5 rings (SSSR count). The Balaban J connectivity index is 1.39. The number of thiazole rings is 1. The number of benzene rings is 1. The van der Waals surface area contributed by atoms with Crippen molar-refractivity contribution in [2.45, 2.75) is 44.0 Å². The van der Waals surface area contributed by atoms with Gasteiger partial charge in [-0.25, -0.2) is 4.98 Å². The molecule has 0 N–H and O–H groups in total. The van der Waals surface area contributed by atoms with E-state index in [4.69, 9.17) is 14.5 Å². The SMILES string of the molecule is COC[C@@H]1C[C@@H](N2Cc3nc(-c4cccc(C#N)c4OC4CC4)sc3C2=O)CN1C#N. The molecule has 1 aromatic heterocycles. The molecule has 31 heavy (non-hydrogen) atoms. The molecule has 1 aliphatic carbocycles. The highest BCUT2D eigenvalue weighted by atomic mass is 32.1. The Hall–Kier alpha value is -3.14. The van der Waals surface area contributed by atoms with Gasteiger partial charge in [-0.15, -0.1) is 11.3 Å². The number of nitrogens with zero attached hydrogens (tertiary/aromatic N) is 5. The molecule has 2 atom stereocenters. The van der Waals surface area contributed by atoms with Gasteiger partial charge in [-0.3, -0.25) is 4.79 Å². The van der Waals surface area contributed by atoms with Crippen LogP contribution >= 0.6 is 11.3 Å². The number of hydrogen-bond donors (Lipinski definition) is 0. The fourth-order valence-electron chi connectivity index (χ4n) is 4.26. The Kier molecular flexibility index (Phi) is 5.01. The average molecular weight is 436 g/mol. The normalized spacial score (nSPS) is 22.4. The van der Waals surface area contributed by atoms with Crippen molar-refractivity contribution in [2.24, 2.45) is 0 Å². The van der Waals surface area contributed by atoms with Gasteiger partial charge in [-0.1, -0.05) is 6.07 Å². The summed E-state index contributed by atoms with van der Waals surface area (Å²) in [6.45, 7) is 1.42. The van der Waals surface area contributed by atoms with Crippen LogP contribution in [0.4, 0.5) is 0 Å². The first-order valence-electron chi connectivity index (χ1n) is 10.3. The number of para-hydroxylation sites is 1. The molecule has 9 heteroatoms. The molecule has 1 amide bonds. The zero-order chi connectivity index (χ0) is 21.5. The molecular weight excluding hydrogens is 414 g/mol. The number of nitriles is 2. The Bertz CT molecular complexity index is 1110. The lowest BCUT2D eigenvalue weighted by atomic mass is 10.1. The zero-order valence-corrected chi connectivity index (χ0v) is 17.9. The minimum Gasteiger partial charge on any atom is -0.488 e. The molecule has 1 saturated heterocycles. The van der Waals surface area contributed by atoms with E-state index in [1.165, 1.54) is 11.3 Å². The van der Waals surface area contributed by atoms with Crippen LogP contribution in [0.3, 0.4) is 0 Å². The monoisotopic (exact) mass is 435 g/mol. The van der Waals surface area contributed by atoms with Gasteiger partial charge in [0, 0.05) is 13.7 Å². The predicted octanol–water partition coefficient (Wildman–Crippen LogP) is 2.75. The number of aromatic nitrogens is 1. The number of carbonyl (C=O) groups excluding carboxylic acids is 1. The quantitative estimate of drug-likeness (QED) is 0.643. The predicted molar refractivity (Wildman–Crippen MR) is 112 cm³/mol. The molecule has 0 unspecified atom stereocenters. The molecule has 2 aromatic rings. The second-order valence-corrected chi connectivity index (χ2v) is 9.09. The molecule has 1 aromatic carbocycles. The van der Waals surface area contributed by atoms with Crippen LogP contribution < -0.4 is 4.74 Å². The Morgan fingerprint density at radius 1 is 1.32 bits per heavy atom. The standard InChI is InChI=1S/C22H21N5O3S/c1-29-11-15-7-14(9-26(15)12-24)27-10-18-20(22(27)28)31-21(25-18)17-4-2-3-13(8-23)19(17)30-16-5-6-16/h2-4,14-16H,5-7,9-11H2,1H3/t14-,15+/m1/s1. The summed E-state index contributed by atoms with van der Waals surface area (Å²) in [6.07, 6.45) is 5.06. The summed E-state index contributed by atoms with van der Waals surface area (Å²) >= 11 is 1.35. The third-order valence-corrected chi connectivity index (χ3v) is 7.09. The molecule has 0 bridgehead atoms. The second-order valence-electron chi connectivity index (χ2n) is 8.09. The molecule has 2 fully saturated rings. The van der Waals surface area contributed by atoms with Crippen LogP contribution in [0.25, 0.3) is 10.6 Å². The Morgan fingerprint density at radius 3 is 2.84 bits per heavy atom. The lowest BCUT2D eigenvalue weighted by Gasteiger charge is -2.23. The van der Waals surface area contributed by atoms with E-state index in [9.17, 15) is 15.3 Å². The van der Waals surface area contributed by atoms with E-state index >= 15 is 0 Å². The van der Waals surface area contributed by atoms with Crippen molar-refractivity contribution in [1.29, 1.82) is 10.5 Å². The van der Waals surface area contributed by atoms with E-state index in [2.05, 4.69) is 12.3 Å². The molecule has 3 aliphatic rings. The minimum absolute atomic E-state index is 0.00851. The largest absolute Gasteiger partial charge is 0.488 e. The number of methoxy groups -OCH3 is 1. The van der Waals surface area contributed by atoms with E-state index in [1.54, 1.807) is 18.1 Å². The zero-order valence-electron chi connectivity index (χ0n) is 17.1. The van der Waals surface area contributed by atoms with Crippen LogP contribution in [-0.4, -0.2) is 59.1 Å². The van der Waals surface area contributed by atoms with Gasteiger partial charge < -0.3 is 19.3 Å². The van der Waals surface area contributed by atoms with Gasteiger partial charge in [0.2, 0.25) is 0 Å². The Morgan fingerprint density at radius 2 is 2.16 bits per heavy atom. The van der Waals surface area contributed by atoms with Gasteiger partial charge in [0.05, 0.1) is 48.2 Å². The van der Waals surface area contributed by atoms with Crippen LogP contribution in [0.1, 0.15) is 40.2 Å². The van der Waals surface area contributed by atoms with Crippen molar-refractivity contribution in [1.82, 2.24) is 14.8 Å². The highest BCUT2D eigenvalue weighted by molar-refractivity contribution is 7.17. The third kappa shape index (κ3) is 3.50. The fraction of sp³-hybridized carbons (Fsp3) is 0.455. The van der Waals surface area contributed by atoms with Gasteiger partial charge in [-0.05, 0) is 31.4 Å². The first-order chi connectivity index (χ1) is 15.1. The van der Waals surface area contributed by atoms with Crippen LogP contribution in [0.5, 0.6) is 5.75 Å². The first-order valence-corrected chi connectivity index (χ1v) is 11.1. The van der Waals surface area contributed by atoms with Crippen molar-refractivity contribution in [3.8, 4) is 28.6 Å². The first kappa shape index (κ1) is 19.8. The van der Waals surface area contributed by atoms with E-state index < -0.39 is 0 Å². The fourth-order valence-corrected chi connectivity index (χ4v) is 5.32. The third-order valence-electron chi connectivity index (χ3n) is 5.97. The van der Waals surface area contributed by atoms with Gasteiger partial charge in [0.25, 0.3) is 5.91 Å². The van der Waals surface area contributed by atoms with Crippen molar-refractivity contribution < 1.29 is 14.3 Å². The maximum absolute atomic E-state index is 13.2. The van der Waals surface area contributed by atoms with Crippen molar-refractivity contribution in [3.05, 3.63) is 34.3 Å². The topological polar surface area (TPSA) is 102 Å². The van der Waals surface area contributed by atoms with Gasteiger partial charge in [0.1, 0.15) is 21.7 Å². The van der Waals surface area contributed by atoms with Crippen LogP contribution in [0.2, 0.25) is 0 Å². The average Bonchev–Trinajstić information content (AvgIpc) is 3.23. The molecule has 2 aliphatic heterocycles. The maximum Gasteiger partial charge on any atom is 0.266 e. The van der Waals surface area contributed by atoms with Crippen molar-refractivity contribution in [3.63, 3.8) is 0 Å². The number of fused-ring (bicyclic) bond motifs is 1. The number of amides is 1. The summed E-state index contributed by atoms with van der Waals surface area (Å²) in [5.74, 6) is 0.521. The van der Waals surface area contributed by atoms with Gasteiger partial charge in [-0.2, -0.15) is 10.5 Å². The number of rotatable bonds is 6.